The number of anilines is 3. The minimum Gasteiger partial charge on any atom is -0.396 e. The smallest absolute Gasteiger partial charge is 0.153 e. The van der Waals surface area contributed by atoms with E-state index >= 15 is 0 Å². The van der Waals surface area contributed by atoms with Crippen molar-refractivity contribution in [3.8, 4) is 0 Å². The van der Waals surface area contributed by atoms with Crippen molar-refractivity contribution in [3.63, 3.8) is 0 Å². The molecule has 0 aliphatic rings. The summed E-state index contributed by atoms with van der Waals surface area (Å²) in [6.07, 6.45) is 1.60. The van der Waals surface area contributed by atoms with Crippen molar-refractivity contribution in [3.05, 3.63) is 44.2 Å². The highest BCUT2D eigenvalue weighted by Gasteiger charge is 2.10. The summed E-state index contributed by atoms with van der Waals surface area (Å²) in [5.74, 6) is 0.0292. The lowest BCUT2D eigenvalue weighted by molar-refractivity contribution is 0.627. The Hall–Kier alpha value is -0.850. The topological polar surface area (TPSA) is 50.9 Å². The zero-order valence-corrected chi connectivity index (χ0v) is 12.8. The van der Waals surface area contributed by atoms with Crippen molar-refractivity contribution >= 4 is 60.7 Å². The van der Waals surface area contributed by atoms with Crippen molar-refractivity contribution in [2.45, 2.75) is 0 Å². The van der Waals surface area contributed by atoms with Crippen molar-refractivity contribution in [1.29, 1.82) is 0 Å². The number of hydrogen-bond donors (Lipinski definition) is 2. The number of pyridine rings is 1. The average molecular weight is 395 g/mol. The van der Waals surface area contributed by atoms with Gasteiger partial charge in [-0.05, 0) is 50.1 Å². The van der Waals surface area contributed by atoms with E-state index in [-0.39, 0.29) is 5.02 Å². The normalized spacial score (nSPS) is 10.4. The Morgan fingerprint density at radius 3 is 2.61 bits per heavy atom. The van der Waals surface area contributed by atoms with Gasteiger partial charge >= 0.3 is 0 Å². The van der Waals surface area contributed by atoms with E-state index in [1.165, 1.54) is 12.1 Å². The lowest BCUT2D eigenvalue weighted by Gasteiger charge is -2.12. The first-order valence-corrected chi connectivity index (χ1v) is 6.76. The zero-order chi connectivity index (χ0) is 13.3. The predicted octanol–water partition coefficient (Wildman–Crippen LogP) is 4.72. The van der Waals surface area contributed by atoms with Gasteiger partial charge in [0, 0.05) is 15.1 Å². The van der Waals surface area contributed by atoms with E-state index in [0.29, 0.717) is 21.7 Å². The maximum atomic E-state index is 13.1. The number of nitrogens with one attached hydrogen (secondary N) is 1. The first-order chi connectivity index (χ1) is 8.47. The van der Waals surface area contributed by atoms with Gasteiger partial charge in [0.15, 0.2) is 5.82 Å². The Balaban J connectivity index is 2.40. The molecule has 0 spiro atoms. The molecule has 3 N–H and O–H groups in total. The second kappa shape index (κ2) is 5.42. The third-order valence-corrected chi connectivity index (χ3v) is 3.49. The Labute approximate surface area is 125 Å². The van der Waals surface area contributed by atoms with Crippen LogP contribution in [0.2, 0.25) is 5.02 Å². The van der Waals surface area contributed by atoms with E-state index in [2.05, 4.69) is 42.2 Å². The van der Waals surface area contributed by atoms with Crippen molar-refractivity contribution in [2.24, 2.45) is 0 Å². The quantitative estimate of drug-likeness (QED) is 0.773. The number of hydrogen-bond acceptors (Lipinski definition) is 3. The molecule has 2 aromatic rings. The van der Waals surface area contributed by atoms with Gasteiger partial charge in [0.2, 0.25) is 0 Å². The third kappa shape index (κ3) is 2.93. The van der Waals surface area contributed by atoms with Crippen LogP contribution in [0.15, 0.2) is 33.3 Å². The number of nitrogens with zero attached hydrogens (tertiary/aromatic N) is 1. The largest absolute Gasteiger partial charge is 0.396 e. The molecule has 0 bridgehead atoms. The van der Waals surface area contributed by atoms with Crippen LogP contribution in [0.4, 0.5) is 21.6 Å². The van der Waals surface area contributed by atoms with E-state index in [9.17, 15) is 4.39 Å². The van der Waals surface area contributed by atoms with E-state index in [0.717, 1.165) is 4.47 Å². The van der Waals surface area contributed by atoms with Crippen molar-refractivity contribution < 1.29 is 4.39 Å². The number of nitrogen functional groups attached to an aromatic ring is 1. The molecule has 0 aliphatic heterocycles. The minimum absolute atomic E-state index is 0.242. The van der Waals surface area contributed by atoms with Crippen LogP contribution in [-0.4, -0.2) is 4.98 Å². The predicted molar refractivity (Wildman–Crippen MR) is 78.7 cm³/mol. The van der Waals surface area contributed by atoms with Gasteiger partial charge in [-0.15, -0.1) is 0 Å². The van der Waals surface area contributed by atoms with Crippen LogP contribution < -0.4 is 11.1 Å². The first-order valence-electron chi connectivity index (χ1n) is 4.80. The van der Waals surface area contributed by atoms with Gasteiger partial charge in [-0.25, -0.2) is 9.37 Å². The maximum Gasteiger partial charge on any atom is 0.153 e. The van der Waals surface area contributed by atoms with E-state index in [4.69, 9.17) is 17.3 Å². The van der Waals surface area contributed by atoms with Crippen molar-refractivity contribution in [2.75, 3.05) is 11.1 Å². The standard InChI is InChI=1S/C11H7Br2ClFN3/c12-5-1-9(16)11(17-4-5)18-10-7(13)2-6(15)3-8(10)14/h1-4H,16H2,(H,17,18). The number of nitrogens with two attached hydrogens (primary N) is 1. The molecule has 18 heavy (non-hydrogen) atoms. The Morgan fingerprint density at radius 1 is 1.28 bits per heavy atom. The lowest BCUT2D eigenvalue weighted by atomic mass is 10.3. The van der Waals surface area contributed by atoms with Gasteiger partial charge in [-0.3, -0.25) is 0 Å². The molecule has 0 saturated carbocycles. The molecule has 1 aromatic carbocycles. The van der Waals surface area contributed by atoms with E-state index < -0.39 is 5.82 Å². The van der Waals surface area contributed by atoms with Gasteiger partial charge in [-0.2, -0.15) is 0 Å². The van der Waals surface area contributed by atoms with Crippen LogP contribution in [-0.2, 0) is 0 Å². The molecule has 94 valence electrons. The molecule has 0 radical (unpaired) electrons. The molecule has 3 nitrogen and oxygen atoms in total. The molecular weight excluding hydrogens is 388 g/mol. The van der Waals surface area contributed by atoms with Crippen LogP contribution in [0.5, 0.6) is 0 Å². The lowest BCUT2D eigenvalue weighted by Crippen LogP contribution is -2.00. The number of benzene rings is 1. The Morgan fingerprint density at radius 2 is 2.00 bits per heavy atom. The summed E-state index contributed by atoms with van der Waals surface area (Å²) >= 11 is 12.5. The number of aromatic nitrogens is 1. The van der Waals surface area contributed by atoms with Crippen LogP contribution in [0.1, 0.15) is 0 Å². The average Bonchev–Trinajstić information content (AvgIpc) is 2.25. The molecule has 1 aromatic heterocycles. The fourth-order valence-corrected chi connectivity index (χ4v) is 2.59. The van der Waals surface area contributed by atoms with Crippen molar-refractivity contribution in [1.82, 2.24) is 4.98 Å². The van der Waals surface area contributed by atoms with Gasteiger partial charge in [0.25, 0.3) is 0 Å². The molecule has 2 rings (SSSR count). The number of rotatable bonds is 2. The van der Waals surface area contributed by atoms with Crippen LogP contribution in [0.3, 0.4) is 0 Å². The van der Waals surface area contributed by atoms with Gasteiger partial charge < -0.3 is 11.1 Å². The third-order valence-electron chi connectivity index (χ3n) is 2.13. The summed E-state index contributed by atoms with van der Waals surface area (Å²) in [6, 6.07) is 4.23. The highest BCUT2D eigenvalue weighted by molar-refractivity contribution is 9.10. The molecule has 1 heterocycles. The molecule has 0 aliphatic carbocycles. The SMILES string of the molecule is Nc1cc(Br)cnc1Nc1c(Cl)cc(F)cc1Br. The van der Waals surface area contributed by atoms with E-state index in [1.807, 2.05) is 0 Å². The highest BCUT2D eigenvalue weighted by Crippen LogP contribution is 2.35. The molecule has 0 atom stereocenters. The van der Waals surface area contributed by atoms with Crippen LogP contribution in [0.25, 0.3) is 0 Å². The molecule has 0 fully saturated rings. The van der Waals surface area contributed by atoms with E-state index in [1.54, 1.807) is 12.3 Å². The van der Waals surface area contributed by atoms with Crippen LogP contribution >= 0.6 is 43.5 Å². The van der Waals surface area contributed by atoms with Gasteiger partial charge in [-0.1, -0.05) is 11.6 Å². The first kappa shape index (κ1) is 13.6. The summed E-state index contributed by atoms with van der Waals surface area (Å²) in [5, 5.41) is 3.20. The van der Waals surface area contributed by atoms with Gasteiger partial charge in [0.05, 0.1) is 16.4 Å². The molecule has 7 heteroatoms. The summed E-state index contributed by atoms with van der Waals surface area (Å²) in [7, 11) is 0. The molecule has 0 saturated heterocycles. The monoisotopic (exact) mass is 393 g/mol. The molecule has 0 amide bonds. The summed E-state index contributed by atoms with van der Waals surface area (Å²) in [4.78, 5) is 4.12. The summed E-state index contributed by atoms with van der Waals surface area (Å²) in [5.41, 5.74) is 6.78. The fourth-order valence-electron chi connectivity index (χ4n) is 1.34. The minimum atomic E-state index is -0.422. The number of halogens is 4. The Kier molecular flexibility index (Phi) is 4.09. The second-order valence-corrected chi connectivity index (χ2v) is 5.64. The summed E-state index contributed by atoms with van der Waals surface area (Å²) in [6.45, 7) is 0. The summed E-state index contributed by atoms with van der Waals surface area (Å²) < 4.78 is 14.4. The molecule has 0 unspecified atom stereocenters. The van der Waals surface area contributed by atoms with Gasteiger partial charge in [0.1, 0.15) is 5.82 Å². The highest BCUT2D eigenvalue weighted by atomic mass is 79.9. The second-order valence-electron chi connectivity index (χ2n) is 3.46. The van der Waals surface area contributed by atoms with Crippen LogP contribution in [0, 0.1) is 5.82 Å². The maximum absolute atomic E-state index is 13.1. The molecular formula is C11H7Br2ClFN3. The Bertz CT molecular complexity index is 584. The zero-order valence-electron chi connectivity index (χ0n) is 8.85. The fraction of sp³-hybridized carbons (Fsp3) is 0.